The summed E-state index contributed by atoms with van der Waals surface area (Å²) < 4.78 is 11.2. The van der Waals surface area contributed by atoms with Gasteiger partial charge in [-0.05, 0) is 33.1 Å². The van der Waals surface area contributed by atoms with Gasteiger partial charge in [0.2, 0.25) is 0 Å². The maximum Gasteiger partial charge on any atom is 0.326 e. The summed E-state index contributed by atoms with van der Waals surface area (Å²) >= 11 is 5.92. The molecule has 0 aliphatic carbocycles. The summed E-state index contributed by atoms with van der Waals surface area (Å²) in [4.78, 5) is 27.8. The second kappa shape index (κ2) is 9.52. The average Bonchev–Trinajstić information content (AvgIpc) is 2.45. The smallest absolute Gasteiger partial charge is 0.326 e. The number of halogens is 1. The molecule has 1 aromatic heterocycles. The molecule has 0 aliphatic rings. The molecule has 1 aromatic rings. The highest BCUT2D eigenvalue weighted by atomic mass is 35.5. The zero-order valence-corrected chi connectivity index (χ0v) is 13.2. The molecule has 0 radical (unpaired) electrons. The van der Waals surface area contributed by atoms with Gasteiger partial charge >= 0.3 is 5.97 Å². The third kappa shape index (κ3) is 5.85. The minimum Gasteiger partial charge on any atom is -0.465 e. The molecule has 0 saturated heterocycles. The fourth-order valence-corrected chi connectivity index (χ4v) is 1.99. The van der Waals surface area contributed by atoms with Crippen molar-refractivity contribution in [3.8, 4) is 0 Å². The molecule has 0 N–H and O–H groups in total. The van der Waals surface area contributed by atoms with Crippen LogP contribution in [0.1, 0.15) is 32.4 Å². The van der Waals surface area contributed by atoms with E-state index in [1.165, 1.54) is 10.8 Å². The lowest BCUT2D eigenvalue weighted by Crippen LogP contribution is -2.29. The first kappa shape index (κ1) is 17.7. The van der Waals surface area contributed by atoms with Gasteiger partial charge < -0.3 is 9.47 Å². The lowest BCUT2D eigenvalue weighted by molar-refractivity contribution is -0.143. The SMILES string of the molecule is CCOCCCCc1ncc(Cl)n(CC(=O)OCC)c1=O. The molecule has 0 bridgehead atoms. The number of unbranched alkanes of at least 4 members (excludes halogenated alkanes) is 1. The molecule has 0 saturated carbocycles. The fourth-order valence-electron chi connectivity index (χ4n) is 1.80. The number of ether oxygens (including phenoxy) is 2. The van der Waals surface area contributed by atoms with E-state index in [1.54, 1.807) is 6.92 Å². The summed E-state index contributed by atoms with van der Waals surface area (Å²) in [5, 5.41) is 0.131. The van der Waals surface area contributed by atoms with Gasteiger partial charge in [-0.1, -0.05) is 11.6 Å². The second-order valence-corrected chi connectivity index (χ2v) is 4.77. The van der Waals surface area contributed by atoms with E-state index < -0.39 is 5.97 Å². The fraction of sp³-hybridized carbons (Fsp3) is 0.643. The Labute approximate surface area is 129 Å². The predicted molar refractivity (Wildman–Crippen MR) is 79.6 cm³/mol. The Bertz CT molecular complexity index is 516. The normalized spacial score (nSPS) is 10.6. The van der Waals surface area contributed by atoms with Crippen molar-refractivity contribution in [2.24, 2.45) is 0 Å². The quantitative estimate of drug-likeness (QED) is 0.513. The number of hydrogen-bond acceptors (Lipinski definition) is 5. The highest BCUT2D eigenvalue weighted by molar-refractivity contribution is 6.29. The van der Waals surface area contributed by atoms with Gasteiger partial charge in [-0.2, -0.15) is 0 Å². The number of aromatic nitrogens is 2. The molecule has 118 valence electrons. The third-order valence-electron chi connectivity index (χ3n) is 2.83. The number of aryl methyl sites for hydroxylation is 1. The monoisotopic (exact) mass is 316 g/mol. The Hall–Kier alpha value is -1.40. The van der Waals surface area contributed by atoms with Crippen LogP contribution < -0.4 is 5.56 Å². The number of nitrogens with zero attached hydrogens (tertiary/aromatic N) is 2. The van der Waals surface area contributed by atoms with Crippen LogP contribution in [0, 0.1) is 0 Å². The van der Waals surface area contributed by atoms with Crippen LogP contribution in [0.2, 0.25) is 5.15 Å². The molecule has 0 fully saturated rings. The molecule has 0 atom stereocenters. The first-order chi connectivity index (χ1) is 10.1. The zero-order chi connectivity index (χ0) is 15.7. The molecule has 0 amide bonds. The van der Waals surface area contributed by atoms with Crippen molar-refractivity contribution in [1.29, 1.82) is 0 Å². The van der Waals surface area contributed by atoms with Crippen LogP contribution in [-0.4, -0.2) is 35.3 Å². The average molecular weight is 317 g/mol. The molecule has 0 aliphatic heterocycles. The maximum atomic E-state index is 12.2. The van der Waals surface area contributed by atoms with Crippen LogP contribution in [0.15, 0.2) is 11.0 Å². The van der Waals surface area contributed by atoms with E-state index in [0.717, 1.165) is 12.8 Å². The Morgan fingerprint density at radius 3 is 2.76 bits per heavy atom. The first-order valence-corrected chi connectivity index (χ1v) is 7.45. The van der Waals surface area contributed by atoms with Crippen molar-refractivity contribution in [2.75, 3.05) is 19.8 Å². The lowest BCUT2D eigenvalue weighted by atomic mass is 10.2. The van der Waals surface area contributed by atoms with E-state index in [4.69, 9.17) is 21.1 Å². The van der Waals surface area contributed by atoms with Crippen molar-refractivity contribution in [2.45, 2.75) is 39.7 Å². The van der Waals surface area contributed by atoms with E-state index >= 15 is 0 Å². The highest BCUT2D eigenvalue weighted by Gasteiger charge is 2.12. The van der Waals surface area contributed by atoms with Crippen LogP contribution in [0.4, 0.5) is 0 Å². The summed E-state index contributed by atoms with van der Waals surface area (Å²) in [5.41, 5.74) is 0.0622. The Kier molecular flexibility index (Phi) is 8.00. The van der Waals surface area contributed by atoms with E-state index in [9.17, 15) is 9.59 Å². The van der Waals surface area contributed by atoms with Gasteiger partial charge in [0, 0.05) is 13.2 Å². The van der Waals surface area contributed by atoms with Crippen molar-refractivity contribution in [3.05, 3.63) is 27.4 Å². The number of esters is 1. The maximum absolute atomic E-state index is 12.2. The van der Waals surface area contributed by atoms with Gasteiger partial charge in [0.05, 0.1) is 12.8 Å². The largest absolute Gasteiger partial charge is 0.465 e. The van der Waals surface area contributed by atoms with Crippen LogP contribution in [0.5, 0.6) is 0 Å². The molecular formula is C14H21ClN2O4. The molecular weight excluding hydrogens is 296 g/mol. The molecule has 1 rings (SSSR count). The van der Waals surface area contributed by atoms with Crippen LogP contribution in [0.25, 0.3) is 0 Å². The summed E-state index contributed by atoms with van der Waals surface area (Å²) in [6, 6.07) is 0. The number of carbonyl (C=O) groups excluding carboxylic acids is 1. The molecule has 0 spiro atoms. The molecule has 0 aromatic carbocycles. The van der Waals surface area contributed by atoms with Crippen molar-refractivity contribution in [3.63, 3.8) is 0 Å². The van der Waals surface area contributed by atoms with Crippen LogP contribution in [-0.2, 0) is 27.2 Å². The van der Waals surface area contributed by atoms with Gasteiger partial charge in [-0.15, -0.1) is 0 Å². The minimum absolute atomic E-state index is 0.131. The second-order valence-electron chi connectivity index (χ2n) is 4.38. The highest BCUT2D eigenvalue weighted by Crippen LogP contribution is 2.06. The Balaban J connectivity index is 2.70. The summed E-state index contributed by atoms with van der Waals surface area (Å²) in [7, 11) is 0. The summed E-state index contributed by atoms with van der Waals surface area (Å²) in [5.74, 6) is -0.491. The van der Waals surface area contributed by atoms with E-state index in [1.807, 2.05) is 6.92 Å². The van der Waals surface area contributed by atoms with Crippen LogP contribution >= 0.6 is 11.6 Å². The topological polar surface area (TPSA) is 70.4 Å². The molecule has 21 heavy (non-hydrogen) atoms. The van der Waals surface area contributed by atoms with Crippen molar-refractivity contribution >= 4 is 17.6 Å². The van der Waals surface area contributed by atoms with Gasteiger partial charge in [0.15, 0.2) is 0 Å². The van der Waals surface area contributed by atoms with E-state index in [2.05, 4.69) is 4.98 Å². The van der Waals surface area contributed by atoms with Gasteiger partial charge in [0.25, 0.3) is 5.56 Å². The number of carbonyl (C=O) groups is 1. The van der Waals surface area contributed by atoms with Gasteiger partial charge in [-0.3, -0.25) is 19.1 Å². The van der Waals surface area contributed by atoms with Gasteiger partial charge in [-0.25, -0.2) is 0 Å². The van der Waals surface area contributed by atoms with Gasteiger partial charge in [0.1, 0.15) is 17.4 Å². The first-order valence-electron chi connectivity index (χ1n) is 7.07. The third-order valence-corrected chi connectivity index (χ3v) is 3.13. The van der Waals surface area contributed by atoms with E-state index in [0.29, 0.717) is 25.3 Å². The Morgan fingerprint density at radius 2 is 2.10 bits per heavy atom. The Morgan fingerprint density at radius 1 is 1.33 bits per heavy atom. The minimum atomic E-state index is -0.491. The standard InChI is InChI=1S/C14H21ClN2O4/c1-3-20-8-6-5-7-11-14(19)17(12(15)9-16-11)10-13(18)21-4-2/h9H,3-8,10H2,1-2H3. The molecule has 1 heterocycles. The number of rotatable bonds is 9. The lowest BCUT2D eigenvalue weighted by Gasteiger charge is -2.09. The summed E-state index contributed by atoms with van der Waals surface area (Å²) in [6.07, 6.45) is 3.57. The molecule has 0 unspecified atom stereocenters. The zero-order valence-electron chi connectivity index (χ0n) is 12.4. The van der Waals surface area contributed by atoms with E-state index in [-0.39, 0.29) is 23.9 Å². The van der Waals surface area contributed by atoms with Crippen LogP contribution in [0.3, 0.4) is 0 Å². The summed E-state index contributed by atoms with van der Waals surface area (Å²) in [6.45, 7) is 5.07. The molecule has 7 heteroatoms. The predicted octanol–water partition coefficient (Wildman–Crippen LogP) is 1.82. The van der Waals surface area contributed by atoms with Crippen molar-refractivity contribution < 1.29 is 14.3 Å². The molecule has 6 nitrogen and oxygen atoms in total. The number of hydrogen-bond donors (Lipinski definition) is 0. The van der Waals surface area contributed by atoms with Crippen molar-refractivity contribution in [1.82, 2.24) is 9.55 Å².